The molecule has 1 saturated heterocycles. The molecule has 0 radical (unpaired) electrons. The Balaban J connectivity index is 2.06. The zero-order chi connectivity index (χ0) is 14.7. The number of aliphatic carboxylic acids is 1. The minimum absolute atomic E-state index is 0.0349. The fourth-order valence-electron chi connectivity index (χ4n) is 2.58. The van der Waals surface area contributed by atoms with Crippen molar-refractivity contribution in [3.05, 3.63) is 35.6 Å². The molecule has 2 rings (SSSR count). The van der Waals surface area contributed by atoms with Gasteiger partial charge in [0.15, 0.2) is 5.78 Å². The summed E-state index contributed by atoms with van der Waals surface area (Å²) in [5.74, 6) is -1.49. The van der Waals surface area contributed by atoms with E-state index in [4.69, 9.17) is 5.11 Å². The number of ketones is 1. The van der Waals surface area contributed by atoms with E-state index in [-0.39, 0.29) is 17.5 Å². The number of carbonyl (C=O) groups is 2. The first-order valence-electron chi connectivity index (χ1n) is 6.75. The van der Waals surface area contributed by atoms with Gasteiger partial charge in [-0.2, -0.15) is 0 Å². The molecule has 4 nitrogen and oxygen atoms in total. The second kappa shape index (κ2) is 6.13. The maximum atomic E-state index is 12.9. The van der Waals surface area contributed by atoms with Gasteiger partial charge in [0.25, 0.3) is 0 Å². The number of rotatable bonds is 4. The average Bonchev–Trinajstić information content (AvgIpc) is 2.46. The highest BCUT2D eigenvalue weighted by Gasteiger charge is 2.31. The number of hydrogen-bond acceptors (Lipinski definition) is 3. The topological polar surface area (TPSA) is 57.6 Å². The first-order chi connectivity index (χ1) is 9.49. The number of benzene rings is 1. The summed E-state index contributed by atoms with van der Waals surface area (Å²) in [6, 6.07) is 4.93. The van der Waals surface area contributed by atoms with Gasteiger partial charge in [0.05, 0.1) is 0 Å². The van der Waals surface area contributed by atoms with Crippen molar-refractivity contribution in [2.75, 3.05) is 13.1 Å². The number of halogens is 1. The monoisotopic (exact) mass is 279 g/mol. The normalized spacial score (nSPS) is 21.4. The van der Waals surface area contributed by atoms with Crippen LogP contribution >= 0.6 is 0 Å². The van der Waals surface area contributed by atoms with Gasteiger partial charge in [0, 0.05) is 18.0 Å². The highest BCUT2D eigenvalue weighted by molar-refractivity contribution is 5.98. The zero-order valence-electron chi connectivity index (χ0n) is 11.4. The molecule has 5 heteroatoms. The van der Waals surface area contributed by atoms with Crippen molar-refractivity contribution in [1.82, 2.24) is 4.90 Å². The molecule has 1 aromatic carbocycles. The van der Waals surface area contributed by atoms with E-state index in [0.29, 0.717) is 18.7 Å². The third-order valence-electron chi connectivity index (χ3n) is 3.86. The van der Waals surface area contributed by atoms with Crippen LogP contribution in [0.1, 0.15) is 30.1 Å². The molecule has 0 saturated carbocycles. The van der Waals surface area contributed by atoms with Crippen LogP contribution in [0.15, 0.2) is 24.3 Å². The lowest BCUT2D eigenvalue weighted by Gasteiger charge is -2.34. The summed E-state index contributed by atoms with van der Waals surface area (Å²) in [6.07, 6.45) is 1.55. The van der Waals surface area contributed by atoms with Crippen LogP contribution in [-0.2, 0) is 4.79 Å². The van der Waals surface area contributed by atoms with Crippen molar-refractivity contribution < 1.29 is 19.1 Å². The SMILES string of the molecule is C[C@H](C(=O)O)N1CCC[C@@H](C(=O)c2ccc(F)cc2)C1. The van der Waals surface area contributed by atoms with E-state index in [1.807, 2.05) is 4.90 Å². The van der Waals surface area contributed by atoms with Gasteiger partial charge in [-0.1, -0.05) is 0 Å². The number of Topliss-reactive ketones (excluding diaryl/α,β-unsaturated/α-hetero) is 1. The standard InChI is InChI=1S/C15H18FNO3/c1-10(15(19)20)17-8-2-3-12(9-17)14(18)11-4-6-13(16)7-5-11/h4-7,10,12H,2-3,8-9H2,1H3,(H,19,20)/t10-,12-/m1/s1. The van der Waals surface area contributed by atoms with Crippen molar-refractivity contribution in [3.8, 4) is 0 Å². The maximum Gasteiger partial charge on any atom is 0.320 e. The van der Waals surface area contributed by atoms with Crippen molar-refractivity contribution in [2.24, 2.45) is 5.92 Å². The fourth-order valence-corrected chi connectivity index (χ4v) is 2.58. The molecular formula is C15H18FNO3. The van der Waals surface area contributed by atoms with E-state index in [1.165, 1.54) is 24.3 Å². The number of carbonyl (C=O) groups excluding carboxylic acids is 1. The molecule has 0 unspecified atom stereocenters. The summed E-state index contributed by atoms with van der Waals surface area (Å²) >= 11 is 0. The van der Waals surface area contributed by atoms with Crippen molar-refractivity contribution in [3.63, 3.8) is 0 Å². The first-order valence-corrected chi connectivity index (χ1v) is 6.75. The molecule has 1 heterocycles. The van der Waals surface area contributed by atoms with Crippen LogP contribution < -0.4 is 0 Å². The van der Waals surface area contributed by atoms with Gasteiger partial charge in [0.1, 0.15) is 11.9 Å². The van der Waals surface area contributed by atoms with Gasteiger partial charge >= 0.3 is 5.97 Å². The molecule has 0 bridgehead atoms. The quantitative estimate of drug-likeness (QED) is 0.858. The van der Waals surface area contributed by atoms with Crippen LogP contribution in [-0.4, -0.2) is 40.9 Å². The van der Waals surface area contributed by atoms with Crippen molar-refractivity contribution in [1.29, 1.82) is 0 Å². The Bertz CT molecular complexity index is 500. The van der Waals surface area contributed by atoms with E-state index in [2.05, 4.69) is 0 Å². The lowest BCUT2D eigenvalue weighted by atomic mass is 9.89. The van der Waals surface area contributed by atoms with E-state index in [9.17, 15) is 14.0 Å². The molecule has 0 spiro atoms. The van der Waals surface area contributed by atoms with Crippen LogP contribution in [0, 0.1) is 11.7 Å². The van der Waals surface area contributed by atoms with Crippen molar-refractivity contribution in [2.45, 2.75) is 25.8 Å². The Labute approximate surface area is 117 Å². The van der Waals surface area contributed by atoms with Gasteiger partial charge in [-0.3, -0.25) is 14.5 Å². The molecular weight excluding hydrogens is 261 g/mol. The number of hydrogen-bond donors (Lipinski definition) is 1. The van der Waals surface area contributed by atoms with Crippen LogP contribution in [0.2, 0.25) is 0 Å². The average molecular weight is 279 g/mol. The first kappa shape index (κ1) is 14.7. The fraction of sp³-hybridized carbons (Fsp3) is 0.467. The number of nitrogens with zero attached hydrogens (tertiary/aromatic N) is 1. The number of likely N-dealkylation sites (tertiary alicyclic amines) is 1. The van der Waals surface area contributed by atoms with Gasteiger partial charge in [0.2, 0.25) is 0 Å². The minimum atomic E-state index is -0.875. The third-order valence-corrected chi connectivity index (χ3v) is 3.86. The van der Waals surface area contributed by atoms with Gasteiger partial charge in [-0.05, 0) is 50.6 Å². The molecule has 1 aromatic rings. The van der Waals surface area contributed by atoms with Crippen LogP contribution in [0.4, 0.5) is 4.39 Å². The van der Waals surface area contributed by atoms with Crippen LogP contribution in [0.25, 0.3) is 0 Å². The second-order valence-corrected chi connectivity index (χ2v) is 5.22. The third kappa shape index (κ3) is 3.22. The Morgan fingerprint density at radius 1 is 1.35 bits per heavy atom. The molecule has 0 amide bonds. The Morgan fingerprint density at radius 2 is 2.00 bits per heavy atom. The predicted octanol–water partition coefficient (Wildman–Crippen LogP) is 2.19. The van der Waals surface area contributed by atoms with E-state index < -0.39 is 12.0 Å². The summed E-state index contributed by atoms with van der Waals surface area (Å²) in [5, 5.41) is 9.04. The number of carboxylic acids is 1. The van der Waals surface area contributed by atoms with Gasteiger partial charge < -0.3 is 5.11 Å². The van der Waals surface area contributed by atoms with Crippen LogP contribution in [0.5, 0.6) is 0 Å². The zero-order valence-corrected chi connectivity index (χ0v) is 11.4. The number of piperidine rings is 1. The maximum absolute atomic E-state index is 12.9. The van der Waals surface area contributed by atoms with E-state index in [0.717, 1.165) is 12.8 Å². The summed E-state index contributed by atoms with van der Waals surface area (Å²) in [5.41, 5.74) is 0.487. The smallest absolute Gasteiger partial charge is 0.320 e. The number of carboxylic acid groups (broad SMARTS) is 1. The highest BCUT2D eigenvalue weighted by atomic mass is 19.1. The summed E-state index contributed by atoms with van der Waals surface area (Å²) in [4.78, 5) is 25.2. The molecule has 2 atom stereocenters. The summed E-state index contributed by atoms with van der Waals surface area (Å²) in [7, 11) is 0. The van der Waals surface area contributed by atoms with Gasteiger partial charge in [-0.15, -0.1) is 0 Å². The molecule has 108 valence electrons. The second-order valence-electron chi connectivity index (χ2n) is 5.22. The lowest BCUT2D eigenvalue weighted by molar-refractivity contribution is -0.143. The van der Waals surface area contributed by atoms with Crippen LogP contribution in [0.3, 0.4) is 0 Å². The lowest BCUT2D eigenvalue weighted by Crippen LogP contribution is -2.46. The molecule has 1 aliphatic rings. The molecule has 0 aliphatic carbocycles. The molecule has 1 aliphatic heterocycles. The van der Waals surface area contributed by atoms with E-state index >= 15 is 0 Å². The Hall–Kier alpha value is -1.75. The molecule has 0 aromatic heterocycles. The Morgan fingerprint density at radius 3 is 2.60 bits per heavy atom. The summed E-state index contributed by atoms with van der Waals surface area (Å²) in [6.45, 7) is 2.78. The molecule has 1 fully saturated rings. The minimum Gasteiger partial charge on any atom is -0.480 e. The highest BCUT2D eigenvalue weighted by Crippen LogP contribution is 2.22. The summed E-state index contributed by atoms with van der Waals surface area (Å²) < 4.78 is 12.9. The predicted molar refractivity (Wildman–Crippen MR) is 72.1 cm³/mol. The van der Waals surface area contributed by atoms with Gasteiger partial charge in [-0.25, -0.2) is 4.39 Å². The molecule has 20 heavy (non-hydrogen) atoms. The Kier molecular flexibility index (Phi) is 4.49. The largest absolute Gasteiger partial charge is 0.480 e. The molecule has 1 N–H and O–H groups in total. The van der Waals surface area contributed by atoms with Crippen molar-refractivity contribution >= 4 is 11.8 Å². The van der Waals surface area contributed by atoms with E-state index in [1.54, 1.807) is 6.92 Å².